The minimum absolute atomic E-state index is 0.158. The van der Waals surface area contributed by atoms with E-state index < -0.39 is 0 Å². The first kappa shape index (κ1) is 19.0. The lowest BCUT2D eigenvalue weighted by molar-refractivity contribution is -0.115. The van der Waals surface area contributed by atoms with Crippen molar-refractivity contribution in [3.8, 4) is 11.4 Å². The summed E-state index contributed by atoms with van der Waals surface area (Å²) in [5.41, 5.74) is 2.10. The fraction of sp³-hybridized carbons (Fsp3) is 0.105. The number of benzene rings is 2. The lowest BCUT2D eigenvalue weighted by Gasteiger charge is -2.06. The van der Waals surface area contributed by atoms with Crippen LogP contribution in [0.25, 0.3) is 5.69 Å². The average Bonchev–Trinajstić information content (AvgIpc) is 3.40. The molecule has 0 spiro atoms. The molecule has 0 fully saturated rings. The lowest BCUT2D eigenvalue weighted by Crippen LogP contribution is -2.15. The molecule has 2 aromatic carbocycles. The minimum Gasteiger partial charge on any atom is -0.486 e. The van der Waals surface area contributed by atoms with Crippen molar-refractivity contribution in [2.75, 3.05) is 5.32 Å². The summed E-state index contributed by atoms with van der Waals surface area (Å²) in [6, 6.07) is 14.4. The molecule has 0 bridgehead atoms. The summed E-state index contributed by atoms with van der Waals surface area (Å²) in [6.07, 6.45) is 1.66. The van der Waals surface area contributed by atoms with E-state index in [1.165, 1.54) is 22.3 Å². The van der Waals surface area contributed by atoms with Gasteiger partial charge in [0.25, 0.3) is 0 Å². The molecule has 0 radical (unpaired) electrons. The molecule has 0 atom stereocenters. The van der Waals surface area contributed by atoms with Gasteiger partial charge < -0.3 is 10.1 Å². The zero-order valence-electron chi connectivity index (χ0n) is 15.0. The summed E-state index contributed by atoms with van der Waals surface area (Å²) in [7, 11) is 0. The summed E-state index contributed by atoms with van der Waals surface area (Å²) in [6.45, 7) is 0.335. The van der Waals surface area contributed by atoms with Crippen LogP contribution in [0.15, 0.2) is 60.2 Å². The van der Waals surface area contributed by atoms with E-state index in [9.17, 15) is 4.79 Å². The van der Waals surface area contributed by atoms with Gasteiger partial charge in [-0.1, -0.05) is 17.7 Å². The van der Waals surface area contributed by atoms with Gasteiger partial charge in [-0.2, -0.15) is 0 Å². The van der Waals surface area contributed by atoms with Crippen molar-refractivity contribution in [3.63, 3.8) is 0 Å². The molecule has 2 aromatic heterocycles. The van der Waals surface area contributed by atoms with Gasteiger partial charge >= 0.3 is 0 Å². The van der Waals surface area contributed by atoms with Crippen LogP contribution in [0, 0.1) is 0 Å². The third-order valence-corrected chi connectivity index (χ3v) is 4.98. The number of thiazole rings is 1. The molecule has 0 aliphatic rings. The molecular weight excluding hydrogens is 412 g/mol. The molecule has 8 nitrogen and oxygen atoms in total. The van der Waals surface area contributed by atoms with Crippen LogP contribution in [0.5, 0.6) is 5.75 Å². The number of amides is 1. The fourth-order valence-corrected chi connectivity index (χ4v) is 3.38. The number of carbonyl (C=O) groups is 1. The highest BCUT2D eigenvalue weighted by atomic mass is 35.5. The Morgan fingerprint density at radius 2 is 2.07 bits per heavy atom. The standard InChI is InChI=1S/C19H15ClN6O2S/c20-13-4-6-17(7-5-13)28-10-19-23-15(11-29-19)9-18(27)22-14-2-1-3-16(8-14)26-12-21-24-25-26/h1-8,11-12H,9-10H2,(H,22,27). The minimum atomic E-state index is -0.158. The van der Waals surface area contributed by atoms with E-state index in [1.807, 2.05) is 17.5 Å². The lowest BCUT2D eigenvalue weighted by atomic mass is 10.2. The monoisotopic (exact) mass is 426 g/mol. The van der Waals surface area contributed by atoms with Crippen molar-refractivity contribution in [1.29, 1.82) is 0 Å². The fourth-order valence-electron chi connectivity index (χ4n) is 2.55. The van der Waals surface area contributed by atoms with E-state index in [0.717, 1.165) is 10.7 Å². The first-order chi connectivity index (χ1) is 14.2. The van der Waals surface area contributed by atoms with Gasteiger partial charge in [0.15, 0.2) is 0 Å². The van der Waals surface area contributed by atoms with Crippen LogP contribution in [0.3, 0.4) is 0 Å². The number of nitrogens with zero attached hydrogens (tertiary/aromatic N) is 5. The molecule has 0 aliphatic heterocycles. The summed E-state index contributed by atoms with van der Waals surface area (Å²) in [5.74, 6) is 0.556. The maximum atomic E-state index is 12.4. The number of halogens is 1. The first-order valence-electron chi connectivity index (χ1n) is 8.61. The number of anilines is 1. The molecule has 4 rings (SSSR count). The molecule has 10 heteroatoms. The van der Waals surface area contributed by atoms with Gasteiger partial charge in [0, 0.05) is 16.1 Å². The first-order valence-corrected chi connectivity index (χ1v) is 9.86. The molecule has 0 aliphatic carbocycles. The molecule has 29 heavy (non-hydrogen) atoms. The molecule has 4 aromatic rings. The van der Waals surface area contributed by atoms with Crippen LogP contribution in [0.2, 0.25) is 5.02 Å². The Labute approximate surface area is 175 Å². The number of nitrogens with one attached hydrogen (secondary N) is 1. The van der Waals surface area contributed by atoms with E-state index in [1.54, 1.807) is 36.4 Å². The predicted octanol–water partition coefficient (Wildman–Crippen LogP) is 3.53. The highest BCUT2D eigenvalue weighted by molar-refractivity contribution is 7.09. The smallest absolute Gasteiger partial charge is 0.230 e. The summed E-state index contributed by atoms with van der Waals surface area (Å²) in [5, 5.41) is 17.2. The van der Waals surface area contributed by atoms with Crippen LogP contribution >= 0.6 is 22.9 Å². The number of hydrogen-bond donors (Lipinski definition) is 1. The molecule has 1 amide bonds. The van der Waals surface area contributed by atoms with Crippen molar-refractivity contribution in [2.45, 2.75) is 13.0 Å². The maximum absolute atomic E-state index is 12.4. The van der Waals surface area contributed by atoms with Crippen LogP contribution in [0.4, 0.5) is 5.69 Å². The Bertz CT molecular complexity index is 1100. The molecule has 146 valence electrons. The van der Waals surface area contributed by atoms with E-state index >= 15 is 0 Å². The highest BCUT2D eigenvalue weighted by Crippen LogP contribution is 2.19. The number of hydrogen-bond acceptors (Lipinski definition) is 7. The Kier molecular flexibility index (Phi) is 5.78. The number of rotatable bonds is 7. The van der Waals surface area contributed by atoms with Crippen LogP contribution in [0.1, 0.15) is 10.7 Å². The van der Waals surface area contributed by atoms with Crippen molar-refractivity contribution in [3.05, 3.63) is 76.0 Å². The van der Waals surface area contributed by atoms with Crippen molar-refractivity contribution >= 4 is 34.5 Å². The van der Waals surface area contributed by atoms with Gasteiger partial charge in [-0.15, -0.1) is 16.4 Å². The molecule has 0 saturated heterocycles. The zero-order chi connectivity index (χ0) is 20.1. The highest BCUT2D eigenvalue weighted by Gasteiger charge is 2.10. The molecule has 0 unspecified atom stereocenters. The topological polar surface area (TPSA) is 94.8 Å². The molecule has 0 saturated carbocycles. The van der Waals surface area contributed by atoms with Crippen LogP contribution in [-0.4, -0.2) is 31.1 Å². The van der Waals surface area contributed by atoms with Gasteiger partial charge in [-0.05, 0) is 52.9 Å². The van der Waals surface area contributed by atoms with Crippen LogP contribution in [-0.2, 0) is 17.8 Å². The van der Waals surface area contributed by atoms with E-state index in [2.05, 4.69) is 25.8 Å². The average molecular weight is 427 g/mol. The van der Waals surface area contributed by atoms with E-state index in [4.69, 9.17) is 16.3 Å². The zero-order valence-corrected chi connectivity index (χ0v) is 16.6. The van der Waals surface area contributed by atoms with E-state index in [0.29, 0.717) is 28.8 Å². The number of tetrazole rings is 1. The van der Waals surface area contributed by atoms with Crippen molar-refractivity contribution in [1.82, 2.24) is 25.2 Å². The molecular formula is C19H15ClN6O2S. The third-order valence-electron chi connectivity index (χ3n) is 3.86. The second-order valence-corrected chi connectivity index (χ2v) is 7.38. The Balaban J connectivity index is 1.32. The largest absolute Gasteiger partial charge is 0.486 e. The number of ether oxygens (including phenoxy) is 1. The Morgan fingerprint density at radius 3 is 2.86 bits per heavy atom. The third kappa shape index (κ3) is 5.15. The summed E-state index contributed by atoms with van der Waals surface area (Å²) >= 11 is 7.31. The Morgan fingerprint density at radius 1 is 1.21 bits per heavy atom. The second kappa shape index (κ2) is 8.80. The van der Waals surface area contributed by atoms with Gasteiger partial charge in [0.1, 0.15) is 23.7 Å². The van der Waals surface area contributed by atoms with Crippen LogP contribution < -0.4 is 10.1 Å². The maximum Gasteiger partial charge on any atom is 0.230 e. The van der Waals surface area contributed by atoms with Gasteiger partial charge in [-0.25, -0.2) is 9.67 Å². The summed E-state index contributed by atoms with van der Waals surface area (Å²) in [4.78, 5) is 16.8. The molecule has 2 heterocycles. The second-order valence-electron chi connectivity index (χ2n) is 6.00. The quantitative estimate of drug-likeness (QED) is 0.485. The van der Waals surface area contributed by atoms with Gasteiger partial charge in [0.2, 0.25) is 5.91 Å². The SMILES string of the molecule is O=C(Cc1csc(COc2ccc(Cl)cc2)n1)Nc1cccc(-n2cnnn2)c1. The number of aromatic nitrogens is 5. The molecule has 1 N–H and O–H groups in total. The summed E-state index contributed by atoms with van der Waals surface area (Å²) < 4.78 is 7.20. The van der Waals surface area contributed by atoms with Gasteiger partial charge in [0.05, 0.1) is 17.8 Å². The van der Waals surface area contributed by atoms with Crippen molar-refractivity contribution < 1.29 is 9.53 Å². The number of carbonyl (C=O) groups excluding carboxylic acids is 1. The van der Waals surface area contributed by atoms with Crippen molar-refractivity contribution in [2.24, 2.45) is 0 Å². The normalized spacial score (nSPS) is 10.7. The van der Waals surface area contributed by atoms with Gasteiger partial charge in [-0.3, -0.25) is 4.79 Å². The Hall–Kier alpha value is -3.30. The predicted molar refractivity (Wildman–Crippen MR) is 109 cm³/mol. The van der Waals surface area contributed by atoms with E-state index in [-0.39, 0.29) is 12.3 Å².